The van der Waals surface area contributed by atoms with E-state index in [1.165, 1.54) is 0 Å². The molecule has 20 atom stereocenters. The molecule has 7 aliphatic rings. The van der Waals surface area contributed by atoms with E-state index in [9.17, 15) is 20.2 Å². The number of methoxy groups -OCH3 is 2. The topological polar surface area (TPSA) is 173 Å². The summed E-state index contributed by atoms with van der Waals surface area (Å²) in [6, 6.07) is 0. The van der Waals surface area contributed by atoms with Crippen LogP contribution in [0.5, 0.6) is 0 Å². The maximum absolute atomic E-state index is 14.4. The van der Waals surface area contributed by atoms with E-state index in [4.69, 9.17) is 47.4 Å². The smallest absolute Gasteiger partial charge is 0.316 e. The van der Waals surface area contributed by atoms with Crippen molar-refractivity contribution < 1.29 is 67.6 Å². The normalized spacial score (nSPS) is 46.6. The average Bonchev–Trinajstić information content (AvgIpc) is 3.61. The van der Waals surface area contributed by atoms with Gasteiger partial charge in [0.2, 0.25) is 0 Å². The summed E-state index contributed by atoms with van der Waals surface area (Å²) in [6.45, 7) is 18.1. The van der Waals surface area contributed by atoms with Crippen molar-refractivity contribution in [2.45, 2.75) is 197 Å². The standard InChI is InChI=1S/C50H77NO14/c1-13-27(2)44-30(5)19-20-49(65-44)25-36-22-35(64-49)18-17-29(4)43(28(3)15-14-16-34-26-58-46-42(52)31(6)21-37(47(53)61-36)50(34,46)54)62-40-23-38(56-11)45(32(7)59-40)63-41-24-39(57-12)48(9,51(10)55)33(8)60-41/h14-17,19-21,27-28,30,32-33,35-46,52,54-55H,13,18,22-26H2,1-12H3/t27?,28?,30-,32-,33-,35+,36-,37-,38-,39-,40-,41-,42+,43-,44+,45-,46+,48+,49+,50+/m0/s1. The van der Waals surface area contributed by atoms with Crippen LogP contribution in [0.1, 0.15) is 101 Å². The molecule has 1 aliphatic carbocycles. The highest BCUT2D eigenvalue weighted by Crippen LogP contribution is 2.47. The monoisotopic (exact) mass is 916 g/mol. The highest BCUT2D eigenvalue weighted by Gasteiger charge is 2.60. The van der Waals surface area contributed by atoms with Gasteiger partial charge in [0, 0.05) is 58.8 Å². The number of allylic oxidation sites excluding steroid dienone is 2. The van der Waals surface area contributed by atoms with Gasteiger partial charge in [-0.25, -0.2) is 0 Å². The number of hydroxylamine groups is 2. The number of fused-ring (bicyclic) bond motifs is 2. The van der Waals surface area contributed by atoms with E-state index in [0.29, 0.717) is 43.3 Å². The molecule has 1 spiro atoms. The first kappa shape index (κ1) is 50.5. The number of nitrogens with zero attached hydrogens (tertiary/aromatic N) is 1. The molecule has 15 nitrogen and oxygen atoms in total. The fourth-order valence-corrected chi connectivity index (χ4v) is 11.2. The van der Waals surface area contributed by atoms with Crippen molar-refractivity contribution in [3.63, 3.8) is 0 Å². The molecular weight excluding hydrogens is 839 g/mol. The van der Waals surface area contributed by atoms with Gasteiger partial charge in [-0.3, -0.25) is 4.79 Å². The maximum Gasteiger partial charge on any atom is 0.316 e. The van der Waals surface area contributed by atoms with E-state index >= 15 is 0 Å². The number of ether oxygens (including phenoxy) is 10. The van der Waals surface area contributed by atoms with Crippen LogP contribution in [0.4, 0.5) is 0 Å². The zero-order valence-corrected chi connectivity index (χ0v) is 40.6. The minimum atomic E-state index is -1.84. The minimum absolute atomic E-state index is 0.0289. The first-order valence-electron chi connectivity index (χ1n) is 23.9. The third kappa shape index (κ3) is 9.93. The van der Waals surface area contributed by atoms with Gasteiger partial charge in [0.25, 0.3) is 0 Å². The van der Waals surface area contributed by atoms with Crippen LogP contribution in [0.3, 0.4) is 0 Å². The Kier molecular flexibility index (Phi) is 15.8. The van der Waals surface area contributed by atoms with Gasteiger partial charge in [-0.2, -0.15) is 5.06 Å². The number of carbonyl (C=O) groups excluding carboxylic acids is 1. The predicted octanol–water partition coefficient (Wildman–Crippen LogP) is 6.10. The molecule has 0 saturated carbocycles. The summed E-state index contributed by atoms with van der Waals surface area (Å²) in [5.74, 6) is -2.59. The summed E-state index contributed by atoms with van der Waals surface area (Å²) in [6.07, 6.45) is 9.36. The van der Waals surface area contributed by atoms with Gasteiger partial charge in [0.15, 0.2) is 18.4 Å². The molecule has 6 aliphatic heterocycles. The lowest BCUT2D eigenvalue weighted by molar-refractivity contribution is -0.337. The van der Waals surface area contributed by atoms with Crippen molar-refractivity contribution >= 4 is 5.97 Å². The van der Waals surface area contributed by atoms with Gasteiger partial charge in [-0.15, -0.1) is 0 Å². The summed E-state index contributed by atoms with van der Waals surface area (Å²) in [4.78, 5) is 14.4. The summed E-state index contributed by atoms with van der Waals surface area (Å²) < 4.78 is 64.6. The van der Waals surface area contributed by atoms with Crippen LogP contribution >= 0.6 is 0 Å². The first-order valence-corrected chi connectivity index (χ1v) is 23.9. The third-order valence-corrected chi connectivity index (χ3v) is 15.8. The molecule has 3 N–H and O–H groups in total. The van der Waals surface area contributed by atoms with Crippen molar-refractivity contribution in [3.05, 3.63) is 59.3 Å². The lowest BCUT2D eigenvalue weighted by Crippen LogP contribution is -2.65. The molecule has 6 heterocycles. The Hall–Kier alpha value is -2.35. The second-order valence-corrected chi connectivity index (χ2v) is 20.1. The Morgan fingerprint density at radius 3 is 2.38 bits per heavy atom. The Labute approximate surface area is 386 Å². The number of carbonyl (C=O) groups is 1. The van der Waals surface area contributed by atoms with Crippen LogP contribution in [-0.2, 0) is 52.2 Å². The lowest BCUT2D eigenvalue weighted by atomic mass is 9.71. The molecule has 65 heavy (non-hydrogen) atoms. The molecule has 15 heteroatoms. The van der Waals surface area contributed by atoms with Gasteiger partial charge in [0.1, 0.15) is 35.9 Å². The van der Waals surface area contributed by atoms with E-state index in [1.54, 1.807) is 40.3 Å². The molecule has 366 valence electrons. The molecule has 4 fully saturated rings. The quantitative estimate of drug-likeness (QED) is 0.138. The van der Waals surface area contributed by atoms with Gasteiger partial charge in [-0.1, -0.05) is 70.6 Å². The Morgan fingerprint density at radius 2 is 1.69 bits per heavy atom. The van der Waals surface area contributed by atoms with Crippen LogP contribution in [-0.4, -0.2) is 151 Å². The van der Waals surface area contributed by atoms with Crippen molar-refractivity contribution in [3.8, 4) is 0 Å². The molecule has 7 rings (SSSR count). The molecule has 0 aromatic heterocycles. The van der Waals surface area contributed by atoms with Gasteiger partial charge >= 0.3 is 5.97 Å². The second kappa shape index (κ2) is 20.3. The predicted molar refractivity (Wildman–Crippen MR) is 239 cm³/mol. The van der Waals surface area contributed by atoms with E-state index in [0.717, 1.165) is 17.1 Å². The number of esters is 1. The van der Waals surface area contributed by atoms with E-state index in [2.05, 4.69) is 39.8 Å². The largest absolute Gasteiger partial charge is 0.462 e. The van der Waals surface area contributed by atoms with Crippen molar-refractivity contribution in [1.29, 1.82) is 0 Å². The minimum Gasteiger partial charge on any atom is -0.462 e. The molecule has 2 bridgehead atoms. The number of aliphatic hydroxyl groups is 2. The van der Waals surface area contributed by atoms with Crippen LogP contribution < -0.4 is 0 Å². The Bertz CT molecular complexity index is 1830. The fourth-order valence-electron chi connectivity index (χ4n) is 11.2. The molecule has 0 aromatic rings. The summed E-state index contributed by atoms with van der Waals surface area (Å²) in [5.41, 5.74) is -0.654. The average molecular weight is 916 g/mol. The van der Waals surface area contributed by atoms with Gasteiger partial charge in [0.05, 0.1) is 54.9 Å². The first-order chi connectivity index (χ1) is 30.8. The van der Waals surface area contributed by atoms with Crippen molar-refractivity contribution in [2.75, 3.05) is 27.9 Å². The molecular formula is C50H77NO14. The SMILES string of the molecule is CCC(C)[C@H]1O[C@]2(C=C[C@@H]1C)C[C@@H]1C[C@@H](CC=C(C)[C@@H](O[C@H]3C[C@H](OC)[C@@H](O[C@H]4C[C@H](OC)[C@](C)(N(C)O)[C@H](C)O4)[C@H](C)O3)C(C)C=CC=C3CO[C@@H]4[C@H](O)C(C)=C[C@@H](C(=O)O1)[C@]34O)O2. The Morgan fingerprint density at radius 1 is 0.954 bits per heavy atom. The van der Waals surface area contributed by atoms with Crippen LogP contribution in [0.2, 0.25) is 0 Å². The number of aliphatic hydroxyl groups excluding tert-OH is 1. The zero-order valence-electron chi connectivity index (χ0n) is 40.6. The molecule has 0 radical (unpaired) electrons. The van der Waals surface area contributed by atoms with Gasteiger partial charge < -0.3 is 62.8 Å². The van der Waals surface area contributed by atoms with Crippen LogP contribution in [0.25, 0.3) is 0 Å². The summed E-state index contributed by atoms with van der Waals surface area (Å²) >= 11 is 0. The summed E-state index contributed by atoms with van der Waals surface area (Å²) in [5, 5.41) is 35.5. The summed E-state index contributed by atoms with van der Waals surface area (Å²) in [7, 11) is 4.88. The zero-order chi connectivity index (χ0) is 47.2. The van der Waals surface area contributed by atoms with Crippen molar-refractivity contribution in [2.24, 2.45) is 23.7 Å². The molecule has 0 amide bonds. The molecule has 4 saturated heterocycles. The third-order valence-electron chi connectivity index (χ3n) is 15.8. The second-order valence-electron chi connectivity index (χ2n) is 20.1. The fraction of sp³-hybridized carbons (Fsp3) is 0.780. The number of rotatable bonds is 9. The number of hydrogen-bond acceptors (Lipinski definition) is 15. The highest BCUT2D eigenvalue weighted by atomic mass is 16.7. The maximum atomic E-state index is 14.4. The van der Waals surface area contributed by atoms with Crippen LogP contribution in [0, 0.1) is 23.7 Å². The number of likely N-dealkylation sites (N-methyl/N-ethyl adjacent to an activating group) is 1. The Balaban J connectivity index is 1.17. The van der Waals surface area contributed by atoms with Gasteiger partial charge in [-0.05, 0) is 69.8 Å². The van der Waals surface area contributed by atoms with Crippen molar-refractivity contribution in [1.82, 2.24) is 5.06 Å². The van der Waals surface area contributed by atoms with E-state index in [-0.39, 0.29) is 36.6 Å². The number of hydrogen-bond donors (Lipinski definition) is 3. The van der Waals surface area contributed by atoms with Crippen LogP contribution in [0.15, 0.2) is 59.3 Å². The molecule has 2 unspecified atom stereocenters. The van der Waals surface area contributed by atoms with E-state index < -0.39 is 96.3 Å². The molecule has 0 aromatic carbocycles. The van der Waals surface area contributed by atoms with E-state index in [1.807, 2.05) is 45.9 Å². The highest BCUT2D eigenvalue weighted by molar-refractivity contribution is 5.78. The lowest BCUT2D eigenvalue weighted by Gasteiger charge is -2.51.